The maximum atomic E-state index is 11.8. The lowest BCUT2D eigenvalue weighted by molar-refractivity contribution is 0.0519. The summed E-state index contributed by atoms with van der Waals surface area (Å²) in [5, 5.41) is 14.2. The predicted octanol–water partition coefficient (Wildman–Crippen LogP) is 3.12. The van der Waals surface area contributed by atoms with E-state index < -0.39 is 5.97 Å². The first kappa shape index (κ1) is 15.8. The zero-order chi connectivity index (χ0) is 16.2. The number of esters is 1. The molecule has 0 aliphatic heterocycles. The summed E-state index contributed by atoms with van der Waals surface area (Å²) < 4.78 is 6.22. The van der Waals surface area contributed by atoms with Crippen molar-refractivity contribution in [3.8, 4) is 5.88 Å². The van der Waals surface area contributed by atoms with E-state index in [-0.39, 0.29) is 11.6 Å². The number of nitrogens with zero attached hydrogens (tertiary/aromatic N) is 3. The predicted molar refractivity (Wildman–Crippen MR) is 85.5 cm³/mol. The number of carbonyl (C=O) groups is 1. The van der Waals surface area contributed by atoms with Crippen LogP contribution >= 0.6 is 0 Å². The van der Waals surface area contributed by atoms with Crippen LogP contribution in [0, 0.1) is 5.92 Å². The SMILES string of the molecule is CCOC(=O)c1cc2nc(CC3CCCCCC3)cc(O)n2n1. The van der Waals surface area contributed by atoms with Crippen molar-refractivity contribution in [2.45, 2.75) is 51.9 Å². The Morgan fingerprint density at radius 1 is 1.30 bits per heavy atom. The van der Waals surface area contributed by atoms with Gasteiger partial charge in [-0.25, -0.2) is 9.78 Å². The van der Waals surface area contributed by atoms with Crippen molar-refractivity contribution in [1.29, 1.82) is 0 Å². The van der Waals surface area contributed by atoms with Crippen LogP contribution in [0.4, 0.5) is 0 Å². The van der Waals surface area contributed by atoms with Crippen LogP contribution in [-0.2, 0) is 11.2 Å². The molecule has 1 saturated carbocycles. The lowest BCUT2D eigenvalue weighted by Crippen LogP contribution is -2.06. The van der Waals surface area contributed by atoms with Gasteiger partial charge in [0.25, 0.3) is 0 Å². The lowest BCUT2D eigenvalue weighted by atomic mass is 9.95. The zero-order valence-corrected chi connectivity index (χ0v) is 13.5. The first-order valence-corrected chi connectivity index (χ1v) is 8.43. The minimum atomic E-state index is -0.497. The van der Waals surface area contributed by atoms with Crippen LogP contribution in [0.3, 0.4) is 0 Å². The van der Waals surface area contributed by atoms with Gasteiger partial charge < -0.3 is 9.84 Å². The number of fused-ring (bicyclic) bond motifs is 1. The first-order valence-electron chi connectivity index (χ1n) is 8.43. The molecule has 0 unspecified atom stereocenters. The summed E-state index contributed by atoms with van der Waals surface area (Å²) in [4.78, 5) is 16.3. The molecule has 1 N–H and O–H groups in total. The molecule has 124 valence electrons. The van der Waals surface area contributed by atoms with Crippen LogP contribution in [0.1, 0.15) is 61.6 Å². The summed E-state index contributed by atoms with van der Waals surface area (Å²) in [6.07, 6.45) is 8.50. The highest BCUT2D eigenvalue weighted by atomic mass is 16.5. The molecule has 1 fully saturated rings. The quantitative estimate of drug-likeness (QED) is 0.692. The Morgan fingerprint density at radius 3 is 2.74 bits per heavy atom. The minimum Gasteiger partial charge on any atom is -0.493 e. The summed E-state index contributed by atoms with van der Waals surface area (Å²) in [6.45, 7) is 2.04. The molecule has 2 aromatic rings. The van der Waals surface area contributed by atoms with E-state index in [2.05, 4.69) is 10.1 Å². The van der Waals surface area contributed by atoms with Crippen LogP contribution in [0.5, 0.6) is 5.88 Å². The Hall–Kier alpha value is -2.11. The summed E-state index contributed by atoms with van der Waals surface area (Å²) in [5.74, 6) is 0.135. The maximum absolute atomic E-state index is 11.8. The second kappa shape index (κ2) is 6.98. The highest BCUT2D eigenvalue weighted by Crippen LogP contribution is 2.26. The molecule has 23 heavy (non-hydrogen) atoms. The largest absolute Gasteiger partial charge is 0.493 e. The van der Waals surface area contributed by atoms with E-state index in [1.54, 1.807) is 19.1 Å². The van der Waals surface area contributed by atoms with Gasteiger partial charge in [0.05, 0.1) is 6.61 Å². The molecular formula is C17H23N3O3. The molecule has 0 amide bonds. The van der Waals surface area contributed by atoms with E-state index >= 15 is 0 Å². The summed E-state index contributed by atoms with van der Waals surface area (Å²) in [5.41, 5.74) is 1.51. The van der Waals surface area contributed by atoms with Crippen molar-refractivity contribution < 1.29 is 14.6 Å². The fourth-order valence-electron chi connectivity index (χ4n) is 3.28. The average molecular weight is 317 g/mol. The van der Waals surface area contributed by atoms with Gasteiger partial charge in [0.15, 0.2) is 11.3 Å². The van der Waals surface area contributed by atoms with Crippen LogP contribution in [0.15, 0.2) is 12.1 Å². The smallest absolute Gasteiger partial charge is 0.358 e. The molecule has 0 atom stereocenters. The zero-order valence-electron chi connectivity index (χ0n) is 13.5. The van der Waals surface area contributed by atoms with Gasteiger partial charge >= 0.3 is 5.97 Å². The molecule has 0 spiro atoms. The van der Waals surface area contributed by atoms with Crippen LogP contribution in [-0.4, -0.2) is 32.3 Å². The number of carbonyl (C=O) groups excluding carboxylic acids is 1. The molecule has 3 rings (SSSR count). The van der Waals surface area contributed by atoms with Crippen molar-refractivity contribution in [2.24, 2.45) is 5.92 Å². The number of rotatable bonds is 4. The van der Waals surface area contributed by atoms with Gasteiger partial charge in [-0.2, -0.15) is 9.61 Å². The van der Waals surface area contributed by atoms with E-state index in [9.17, 15) is 9.90 Å². The molecule has 0 radical (unpaired) electrons. The number of hydrogen-bond acceptors (Lipinski definition) is 5. The maximum Gasteiger partial charge on any atom is 0.358 e. The van der Waals surface area contributed by atoms with E-state index in [1.165, 1.54) is 43.0 Å². The number of aromatic hydroxyl groups is 1. The molecule has 1 aliphatic carbocycles. The molecule has 1 aliphatic rings. The second-order valence-electron chi connectivity index (χ2n) is 6.19. The van der Waals surface area contributed by atoms with Crippen molar-refractivity contribution in [2.75, 3.05) is 6.61 Å². The third kappa shape index (κ3) is 3.63. The van der Waals surface area contributed by atoms with Crippen LogP contribution in [0.25, 0.3) is 5.65 Å². The molecule has 0 saturated heterocycles. The molecule has 6 nitrogen and oxygen atoms in total. The van der Waals surface area contributed by atoms with E-state index in [4.69, 9.17) is 4.74 Å². The normalized spacial score (nSPS) is 16.4. The Labute approximate surface area is 135 Å². The summed E-state index contributed by atoms with van der Waals surface area (Å²) in [6, 6.07) is 3.22. The van der Waals surface area contributed by atoms with Gasteiger partial charge in [-0.05, 0) is 19.3 Å². The Morgan fingerprint density at radius 2 is 2.04 bits per heavy atom. The number of ether oxygens (including phenoxy) is 1. The van der Waals surface area contributed by atoms with Crippen molar-refractivity contribution in [3.05, 3.63) is 23.5 Å². The van der Waals surface area contributed by atoms with Gasteiger partial charge in [0.2, 0.25) is 5.88 Å². The van der Waals surface area contributed by atoms with E-state index in [0.717, 1.165) is 12.1 Å². The van der Waals surface area contributed by atoms with Gasteiger partial charge in [-0.3, -0.25) is 0 Å². The summed E-state index contributed by atoms with van der Waals surface area (Å²) in [7, 11) is 0. The van der Waals surface area contributed by atoms with E-state index in [0.29, 0.717) is 18.2 Å². The van der Waals surface area contributed by atoms with Gasteiger partial charge in [0.1, 0.15) is 0 Å². The van der Waals surface area contributed by atoms with Gasteiger partial charge in [0, 0.05) is 17.8 Å². The van der Waals surface area contributed by atoms with Crippen LogP contribution in [0.2, 0.25) is 0 Å². The second-order valence-corrected chi connectivity index (χ2v) is 6.19. The standard InChI is InChI=1S/C17H23N3O3/c1-2-23-17(22)14-11-15-18-13(10-16(21)20(15)19-14)9-12-7-5-3-4-6-8-12/h10-12,21H,2-9H2,1H3. The van der Waals surface area contributed by atoms with Crippen molar-refractivity contribution in [3.63, 3.8) is 0 Å². The number of hydrogen-bond donors (Lipinski definition) is 1. The third-order valence-electron chi connectivity index (χ3n) is 4.42. The highest BCUT2D eigenvalue weighted by Gasteiger charge is 2.18. The molecule has 2 heterocycles. The molecule has 0 bridgehead atoms. The molecule has 2 aromatic heterocycles. The number of aromatic nitrogens is 3. The van der Waals surface area contributed by atoms with Gasteiger partial charge in [-0.15, -0.1) is 0 Å². The Bertz CT molecular complexity index is 688. The van der Waals surface area contributed by atoms with Crippen molar-refractivity contribution >= 4 is 11.6 Å². The molecular weight excluding hydrogens is 294 g/mol. The Kier molecular flexibility index (Phi) is 4.79. The minimum absolute atomic E-state index is 0.00849. The molecule has 6 heteroatoms. The first-order chi connectivity index (χ1) is 11.2. The fraction of sp³-hybridized carbons (Fsp3) is 0.588. The summed E-state index contributed by atoms with van der Waals surface area (Å²) >= 11 is 0. The van der Waals surface area contributed by atoms with Crippen molar-refractivity contribution in [1.82, 2.24) is 14.6 Å². The van der Waals surface area contributed by atoms with E-state index in [1.807, 2.05) is 0 Å². The van der Waals surface area contributed by atoms with Gasteiger partial charge in [-0.1, -0.05) is 38.5 Å². The molecule has 0 aromatic carbocycles. The highest BCUT2D eigenvalue weighted by molar-refractivity contribution is 5.88. The fourth-order valence-corrected chi connectivity index (χ4v) is 3.28. The third-order valence-corrected chi connectivity index (χ3v) is 4.42. The lowest BCUT2D eigenvalue weighted by Gasteiger charge is -2.13. The Balaban J connectivity index is 1.83. The monoisotopic (exact) mass is 317 g/mol. The average Bonchev–Trinajstić information content (AvgIpc) is 2.79. The van der Waals surface area contributed by atoms with Crippen LogP contribution < -0.4 is 0 Å². The topological polar surface area (TPSA) is 76.7 Å².